The van der Waals surface area contributed by atoms with Crippen molar-refractivity contribution in [1.82, 2.24) is 9.55 Å². The lowest BCUT2D eigenvalue weighted by atomic mass is 9.70. The largest absolute Gasteiger partial charge is 0.399 e. The van der Waals surface area contributed by atoms with E-state index < -0.39 is 0 Å². The summed E-state index contributed by atoms with van der Waals surface area (Å²) in [5.41, 5.74) is 9.37. The monoisotopic (exact) mass is 243 g/mol. The lowest BCUT2D eigenvalue weighted by Gasteiger charge is -2.39. The molecular weight excluding hydrogens is 222 g/mol. The summed E-state index contributed by atoms with van der Waals surface area (Å²) in [6.45, 7) is 5.65. The molecule has 1 aromatic carbocycles. The highest BCUT2D eigenvalue weighted by atomic mass is 15.1. The van der Waals surface area contributed by atoms with Gasteiger partial charge in [0.05, 0.1) is 11.0 Å². The molecule has 1 aliphatic rings. The first-order valence-electron chi connectivity index (χ1n) is 6.86. The predicted molar refractivity (Wildman–Crippen MR) is 75.5 cm³/mol. The molecule has 2 N–H and O–H groups in total. The Bertz CT molecular complexity index is 579. The molecule has 0 unspecified atom stereocenters. The number of rotatable bonds is 3. The third-order valence-corrected chi connectivity index (χ3v) is 4.27. The van der Waals surface area contributed by atoms with Gasteiger partial charge in [-0.15, -0.1) is 0 Å². The zero-order valence-corrected chi connectivity index (χ0v) is 11.2. The summed E-state index contributed by atoms with van der Waals surface area (Å²) in [4.78, 5) is 4.72. The van der Waals surface area contributed by atoms with Crippen LogP contribution in [0.25, 0.3) is 11.0 Å². The van der Waals surface area contributed by atoms with Crippen molar-refractivity contribution in [2.75, 3.05) is 5.73 Å². The second-order valence-electron chi connectivity index (χ2n) is 5.88. The molecule has 1 heterocycles. The van der Waals surface area contributed by atoms with E-state index in [9.17, 15) is 0 Å². The molecule has 18 heavy (non-hydrogen) atoms. The zero-order chi connectivity index (χ0) is 12.8. The lowest BCUT2D eigenvalue weighted by molar-refractivity contribution is 0.132. The van der Waals surface area contributed by atoms with E-state index in [0.717, 1.165) is 24.2 Å². The minimum Gasteiger partial charge on any atom is -0.399 e. The fraction of sp³-hybridized carbons (Fsp3) is 0.533. The van der Waals surface area contributed by atoms with Gasteiger partial charge in [0.2, 0.25) is 0 Å². The van der Waals surface area contributed by atoms with Gasteiger partial charge in [-0.3, -0.25) is 0 Å². The van der Waals surface area contributed by atoms with Crippen LogP contribution in [0.1, 0.15) is 38.9 Å². The van der Waals surface area contributed by atoms with Gasteiger partial charge in [0, 0.05) is 18.7 Å². The Labute approximate surface area is 108 Å². The van der Waals surface area contributed by atoms with Crippen LogP contribution in [0.3, 0.4) is 0 Å². The van der Waals surface area contributed by atoms with Crippen molar-refractivity contribution in [2.45, 2.75) is 46.1 Å². The maximum absolute atomic E-state index is 5.84. The summed E-state index contributed by atoms with van der Waals surface area (Å²) < 4.78 is 2.40. The Hall–Kier alpha value is -1.51. The average Bonchev–Trinajstić information content (AvgIpc) is 2.64. The maximum Gasteiger partial charge on any atom is 0.109 e. The van der Waals surface area contributed by atoms with E-state index in [0.29, 0.717) is 5.41 Å². The number of aromatic nitrogens is 2. The molecule has 0 bridgehead atoms. The SMILES string of the molecule is CCc1nc2cc(N)ccc2n1CC1(C)CCC1. The van der Waals surface area contributed by atoms with Crippen molar-refractivity contribution in [2.24, 2.45) is 5.41 Å². The smallest absolute Gasteiger partial charge is 0.109 e. The number of imidazole rings is 1. The lowest BCUT2D eigenvalue weighted by Crippen LogP contribution is -2.31. The first kappa shape index (κ1) is 11.6. The summed E-state index contributed by atoms with van der Waals surface area (Å²) in [6.07, 6.45) is 5.03. The normalized spacial score (nSPS) is 17.9. The number of hydrogen-bond donors (Lipinski definition) is 1. The number of fused-ring (bicyclic) bond motifs is 1. The third-order valence-electron chi connectivity index (χ3n) is 4.27. The third kappa shape index (κ3) is 1.78. The summed E-state index contributed by atoms with van der Waals surface area (Å²) in [5, 5.41) is 0. The molecule has 0 spiro atoms. The molecule has 0 atom stereocenters. The van der Waals surface area contributed by atoms with E-state index in [1.807, 2.05) is 12.1 Å². The molecule has 1 saturated carbocycles. The molecule has 2 aromatic rings. The fourth-order valence-electron chi connectivity index (χ4n) is 2.96. The Morgan fingerprint density at radius 3 is 2.78 bits per heavy atom. The van der Waals surface area contributed by atoms with Crippen molar-refractivity contribution in [1.29, 1.82) is 0 Å². The second-order valence-corrected chi connectivity index (χ2v) is 5.88. The molecule has 0 amide bonds. The molecule has 0 aliphatic heterocycles. The van der Waals surface area contributed by atoms with Crippen LogP contribution in [-0.4, -0.2) is 9.55 Å². The van der Waals surface area contributed by atoms with Gasteiger partial charge in [0.15, 0.2) is 0 Å². The summed E-state index contributed by atoms with van der Waals surface area (Å²) >= 11 is 0. The number of hydrogen-bond acceptors (Lipinski definition) is 2. The molecule has 3 rings (SSSR count). The predicted octanol–water partition coefficient (Wildman–Crippen LogP) is 3.37. The van der Waals surface area contributed by atoms with E-state index in [-0.39, 0.29) is 0 Å². The van der Waals surface area contributed by atoms with Gasteiger partial charge in [-0.05, 0) is 36.5 Å². The van der Waals surface area contributed by atoms with E-state index in [4.69, 9.17) is 10.7 Å². The van der Waals surface area contributed by atoms with Crippen molar-refractivity contribution >= 4 is 16.7 Å². The number of nitrogens with zero attached hydrogens (tertiary/aromatic N) is 2. The highest BCUT2D eigenvalue weighted by Gasteiger charge is 2.33. The number of nitrogen functional groups attached to an aromatic ring is 1. The van der Waals surface area contributed by atoms with E-state index in [1.165, 1.54) is 30.6 Å². The minimum absolute atomic E-state index is 0.471. The fourth-order valence-corrected chi connectivity index (χ4v) is 2.96. The molecule has 0 saturated heterocycles. The molecule has 1 aromatic heterocycles. The van der Waals surface area contributed by atoms with Gasteiger partial charge in [0.1, 0.15) is 5.82 Å². The number of nitrogens with two attached hydrogens (primary N) is 1. The average molecular weight is 243 g/mol. The Kier molecular flexibility index (Phi) is 2.58. The van der Waals surface area contributed by atoms with Crippen LogP contribution in [0, 0.1) is 5.41 Å². The van der Waals surface area contributed by atoms with Crippen LogP contribution in [0.5, 0.6) is 0 Å². The number of benzene rings is 1. The second kappa shape index (κ2) is 4.01. The minimum atomic E-state index is 0.471. The van der Waals surface area contributed by atoms with Gasteiger partial charge in [-0.25, -0.2) is 4.98 Å². The van der Waals surface area contributed by atoms with Crippen molar-refractivity contribution in [3.05, 3.63) is 24.0 Å². The zero-order valence-electron chi connectivity index (χ0n) is 11.2. The van der Waals surface area contributed by atoms with Crippen molar-refractivity contribution in [3.63, 3.8) is 0 Å². The molecule has 0 radical (unpaired) electrons. The van der Waals surface area contributed by atoms with Crippen LogP contribution in [0.15, 0.2) is 18.2 Å². The molecule has 1 fully saturated rings. The molecular formula is C15H21N3. The summed E-state index contributed by atoms with van der Waals surface area (Å²) in [5.74, 6) is 1.18. The van der Waals surface area contributed by atoms with Crippen LogP contribution in [0.4, 0.5) is 5.69 Å². The first-order valence-corrected chi connectivity index (χ1v) is 6.86. The summed E-state index contributed by atoms with van der Waals surface area (Å²) in [6, 6.07) is 6.07. The van der Waals surface area contributed by atoms with Crippen molar-refractivity contribution < 1.29 is 0 Å². The molecule has 3 heteroatoms. The van der Waals surface area contributed by atoms with Crippen LogP contribution in [0.2, 0.25) is 0 Å². The molecule has 96 valence electrons. The number of anilines is 1. The van der Waals surface area contributed by atoms with Crippen LogP contribution >= 0.6 is 0 Å². The van der Waals surface area contributed by atoms with E-state index in [1.54, 1.807) is 0 Å². The number of aryl methyl sites for hydroxylation is 1. The molecule has 3 nitrogen and oxygen atoms in total. The highest BCUT2D eigenvalue weighted by molar-refractivity contribution is 5.79. The van der Waals surface area contributed by atoms with Gasteiger partial charge in [-0.2, -0.15) is 0 Å². The topological polar surface area (TPSA) is 43.8 Å². The molecule has 1 aliphatic carbocycles. The van der Waals surface area contributed by atoms with Crippen LogP contribution < -0.4 is 5.73 Å². The standard InChI is InChI=1S/C15H21N3/c1-3-14-17-12-9-11(16)5-6-13(12)18(14)10-15(2)7-4-8-15/h5-6,9H,3-4,7-8,10,16H2,1-2H3. The van der Waals surface area contributed by atoms with Gasteiger partial charge < -0.3 is 10.3 Å². The van der Waals surface area contributed by atoms with E-state index >= 15 is 0 Å². The maximum atomic E-state index is 5.84. The Morgan fingerprint density at radius 1 is 1.39 bits per heavy atom. The summed E-state index contributed by atoms with van der Waals surface area (Å²) in [7, 11) is 0. The van der Waals surface area contributed by atoms with E-state index in [2.05, 4.69) is 24.5 Å². The van der Waals surface area contributed by atoms with Gasteiger partial charge in [0.25, 0.3) is 0 Å². The Morgan fingerprint density at radius 2 is 2.17 bits per heavy atom. The highest BCUT2D eigenvalue weighted by Crippen LogP contribution is 2.42. The van der Waals surface area contributed by atoms with Crippen molar-refractivity contribution in [3.8, 4) is 0 Å². The van der Waals surface area contributed by atoms with Gasteiger partial charge in [-0.1, -0.05) is 20.3 Å². The first-order chi connectivity index (χ1) is 8.61. The van der Waals surface area contributed by atoms with Gasteiger partial charge >= 0.3 is 0 Å². The quantitative estimate of drug-likeness (QED) is 0.840. The van der Waals surface area contributed by atoms with Crippen LogP contribution in [-0.2, 0) is 13.0 Å². The Balaban J connectivity index is 2.07.